The molecule has 1 aliphatic rings. The Hall–Kier alpha value is -0.950. The maximum Gasteiger partial charge on any atom is 0.276 e. The normalized spacial score (nSPS) is 18.5. The Morgan fingerprint density at radius 1 is 1.14 bits per heavy atom. The number of nitrogens with one attached hydrogen (secondary N) is 2. The number of benzene rings is 1. The summed E-state index contributed by atoms with van der Waals surface area (Å²) in [5.74, 6) is 0. The van der Waals surface area contributed by atoms with E-state index in [1.54, 1.807) is 0 Å². The first-order valence-electron chi connectivity index (χ1n) is 7.57. The SMILES string of the molecule is CNS(=O)(=O)NCC(Cc1ccccc1)N1CCCCC1. The molecule has 2 N–H and O–H groups in total. The maximum atomic E-state index is 11.6. The Bertz CT molecular complexity index is 513. The van der Waals surface area contributed by atoms with E-state index in [0.29, 0.717) is 6.54 Å². The number of likely N-dealkylation sites (tertiary alicyclic amines) is 1. The van der Waals surface area contributed by atoms with Gasteiger partial charge in [-0.3, -0.25) is 4.90 Å². The molecular formula is C15H25N3O2S. The molecule has 1 heterocycles. The van der Waals surface area contributed by atoms with E-state index < -0.39 is 10.2 Å². The average molecular weight is 311 g/mol. The monoisotopic (exact) mass is 311 g/mol. The number of hydrogen-bond donors (Lipinski definition) is 2. The van der Waals surface area contributed by atoms with E-state index in [-0.39, 0.29) is 6.04 Å². The fourth-order valence-electron chi connectivity index (χ4n) is 2.78. The Kier molecular flexibility index (Phi) is 6.17. The number of rotatable bonds is 7. The van der Waals surface area contributed by atoms with Crippen LogP contribution >= 0.6 is 0 Å². The largest absolute Gasteiger partial charge is 0.299 e. The molecule has 6 heteroatoms. The molecule has 1 aromatic rings. The lowest BCUT2D eigenvalue weighted by molar-refractivity contribution is 0.163. The minimum Gasteiger partial charge on any atom is -0.299 e. The van der Waals surface area contributed by atoms with E-state index in [1.807, 2.05) is 18.2 Å². The lowest BCUT2D eigenvalue weighted by atomic mass is 10.0. The highest BCUT2D eigenvalue weighted by Crippen LogP contribution is 2.15. The van der Waals surface area contributed by atoms with Crippen LogP contribution in [-0.2, 0) is 16.6 Å². The Balaban J connectivity index is 2.02. The van der Waals surface area contributed by atoms with Gasteiger partial charge in [-0.05, 0) is 37.9 Å². The third-order valence-electron chi connectivity index (χ3n) is 4.00. The molecule has 1 unspecified atom stereocenters. The van der Waals surface area contributed by atoms with Gasteiger partial charge in [-0.2, -0.15) is 8.42 Å². The Morgan fingerprint density at radius 3 is 2.43 bits per heavy atom. The zero-order valence-corrected chi connectivity index (χ0v) is 13.4. The topological polar surface area (TPSA) is 61.4 Å². The number of nitrogens with zero attached hydrogens (tertiary/aromatic N) is 1. The van der Waals surface area contributed by atoms with Crippen LogP contribution in [0.5, 0.6) is 0 Å². The summed E-state index contributed by atoms with van der Waals surface area (Å²) in [4.78, 5) is 2.41. The van der Waals surface area contributed by atoms with Gasteiger partial charge in [-0.25, -0.2) is 9.44 Å². The Labute approximate surface area is 127 Å². The fraction of sp³-hybridized carbons (Fsp3) is 0.600. The van der Waals surface area contributed by atoms with Crippen LogP contribution in [0, 0.1) is 0 Å². The minimum atomic E-state index is -3.37. The van der Waals surface area contributed by atoms with Crippen molar-refractivity contribution >= 4 is 10.2 Å². The predicted octanol–water partition coefficient (Wildman–Crippen LogP) is 1.14. The van der Waals surface area contributed by atoms with Crippen molar-refractivity contribution in [3.63, 3.8) is 0 Å². The van der Waals surface area contributed by atoms with Crippen LogP contribution in [0.1, 0.15) is 24.8 Å². The van der Waals surface area contributed by atoms with Crippen molar-refractivity contribution in [2.75, 3.05) is 26.7 Å². The van der Waals surface area contributed by atoms with Crippen molar-refractivity contribution in [3.8, 4) is 0 Å². The number of piperidine rings is 1. The van der Waals surface area contributed by atoms with E-state index in [0.717, 1.165) is 19.5 Å². The summed E-state index contributed by atoms with van der Waals surface area (Å²) in [5.41, 5.74) is 1.25. The third kappa shape index (κ3) is 5.39. The molecule has 0 aliphatic carbocycles. The Morgan fingerprint density at radius 2 is 1.81 bits per heavy atom. The molecule has 0 radical (unpaired) electrons. The van der Waals surface area contributed by atoms with Gasteiger partial charge in [0.1, 0.15) is 0 Å². The molecule has 5 nitrogen and oxygen atoms in total. The van der Waals surface area contributed by atoms with Crippen molar-refractivity contribution in [2.45, 2.75) is 31.7 Å². The first-order chi connectivity index (χ1) is 10.1. The molecule has 21 heavy (non-hydrogen) atoms. The van der Waals surface area contributed by atoms with Gasteiger partial charge in [0.15, 0.2) is 0 Å². The van der Waals surface area contributed by atoms with Crippen LogP contribution in [0.2, 0.25) is 0 Å². The van der Waals surface area contributed by atoms with E-state index in [1.165, 1.54) is 31.9 Å². The summed E-state index contributed by atoms with van der Waals surface area (Å²) in [5, 5.41) is 0. The molecule has 0 aromatic heterocycles. The van der Waals surface area contributed by atoms with Crippen molar-refractivity contribution in [1.82, 2.24) is 14.3 Å². The molecule has 2 rings (SSSR count). The van der Waals surface area contributed by atoms with Gasteiger partial charge in [-0.15, -0.1) is 0 Å². The highest BCUT2D eigenvalue weighted by molar-refractivity contribution is 7.87. The molecule has 0 saturated carbocycles. The zero-order chi connectivity index (χ0) is 15.1. The summed E-state index contributed by atoms with van der Waals surface area (Å²) in [7, 11) is -1.95. The second-order valence-corrected chi connectivity index (χ2v) is 7.20. The van der Waals surface area contributed by atoms with Crippen LogP contribution in [0.25, 0.3) is 0 Å². The summed E-state index contributed by atoms with van der Waals surface area (Å²) in [6.45, 7) is 2.55. The molecule has 0 amide bonds. The van der Waals surface area contributed by atoms with Gasteiger partial charge < -0.3 is 0 Å². The molecule has 1 fully saturated rings. The molecule has 1 saturated heterocycles. The highest BCUT2D eigenvalue weighted by atomic mass is 32.2. The van der Waals surface area contributed by atoms with Crippen LogP contribution in [-0.4, -0.2) is 46.0 Å². The van der Waals surface area contributed by atoms with Crippen molar-refractivity contribution in [1.29, 1.82) is 0 Å². The first kappa shape index (κ1) is 16.4. The van der Waals surface area contributed by atoms with Crippen LogP contribution in [0.3, 0.4) is 0 Å². The molecule has 1 aromatic carbocycles. The second-order valence-electron chi connectivity index (χ2n) is 5.50. The lowest BCUT2D eigenvalue weighted by Gasteiger charge is -2.34. The van der Waals surface area contributed by atoms with Gasteiger partial charge in [-0.1, -0.05) is 36.8 Å². The lowest BCUT2D eigenvalue weighted by Crippen LogP contribution is -2.48. The summed E-state index contributed by atoms with van der Waals surface area (Å²) in [6.07, 6.45) is 4.54. The standard InChI is InChI=1S/C15H25N3O2S/c1-16-21(19,20)17-13-15(18-10-6-3-7-11-18)12-14-8-4-2-5-9-14/h2,4-5,8-9,15-17H,3,6-7,10-13H2,1H3. The molecular weight excluding hydrogens is 286 g/mol. The third-order valence-corrected chi connectivity index (χ3v) is 5.08. The predicted molar refractivity (Wildman–Crippen MR) is 85.3 cm³/mol. The van der Waals surface area contributed by atoms with Crippen molar-refractivity contribution in [3.05, 3.63) is 35.9 Å². The van der Waals surface area contributed by atoms with Crippen LogP contribution < -0.4 is 9.44 Å². The van der Waals surface area contributed by atoms with E-state index >= 15 is 0 Å². The van der Waals surface area contributed by atoms with Crippen LogP contribution in [0.15, 0.2) is 30.3 Å². The molecule has 118 valence electrons. The molecule has 0 spiro atoms. The molecule has 1 atom stereocenters. The van der Waals surface area contributed by atoms with Gasteiger partial charge in [0.25, 0.3) is 10.2 Å². The van der Waals surface area contributed by atoms with E-state index in [4.69, 9.17) is 0 Å². The van der Waals surface area contributed by atoms with Gasteiger partial charge in [0, 0.05) is 19.6 Å². The van der Waals surface area contributed by atoms with Gasteiger partial charge in [0.05, 0.1) is 0 Å². The van der Waals surface area contributed by atoms with E-state index in [9.17, 15) is 8.42 Å². The summed E-state index contributed by atoms with van der Waals surface area (Å²) in [6, 6.07) is 10.5. The molecule has 1 aliphatic heterocycles. The van der Waals surface area contributed by atoms with Gasteiger partial charge in [0.2, 0.25) is 0 Å². The smallest absolute Gasteiger partial charge is 0.276 e. The number of hydrogen-bond acceptors (Lipinski definition) is 3. The summed E-state index contributed by atoms with van der Waals surface area (Å²) >= 11 is 0. The first-order valence-corrected chi connectivity index (χ1v) is 9.05. The maximum absolute atomic E-state index is 11.6. The zero-order valence-electron chi connectivity index (χ0n) is 12.6. The summed E-state index contributed by atoms with van der Waals surface area (Å²) < 4.78 is 28.1. The molecule has 0 bridgehead atoms. The van der Waals surface area contributed by atoms with Gasteiger partial charge >= 0.3 is 0 Å². The van der Waals surface area contributed by atoms with Crippen molar-refractivity contribution < 1.29 is 8.42 Å². The van der Waals surface area contributed by atoms with Crippen molar-refractivity contribution in [2.24, 2.45) is 0 Å². The minimum absolute atomic E-state index is 0.204. The quantitative estimate of drug-likeness (QED) is 0.794. The second kappa shape index (κ2) is 7.89. The van der Waals surface area contributed by atoms with Crippen LogP contribution in [0.4, 0.5) is 0 Å². The van der Waals surface area contributed by atoms with E-state index in [2.05, 4.69) is 26.5 Å². The highest BCUT2D eigenvalue weighted by Gasteiger charge is 2.22. The fourth-order valence-corrected chi connectivity index (χ4v) is 3.33. The average Bonchev–Trinajstić information content (AvgIpc) is 2.53.